The summed E-state index contributed by atoms with van der Waals surface area (Å²) in [6.45, 7) is 3.84. The van der Waals surface area contributed by atoms with E-state index in [9.17, 15) is 4.79 Å². The molecular formula is C23H29N3O3S. The highest BCUT2D eigenvalue weighted by Crippen LogP contribution is 2.60. The lowest BCUT2D eigenvalue weighted by atomic mass is 9.49. The maximum absolute atomic E-state index is 12.7. The average Bonchev–Trinajstić information content (AvgIpc) is 3.16. The summed E-state index contributed by atoms with van der Waals surface area (Å²) in [6, 6.07) is 5.72. The van der Waals surface area contributed by atoms with Gasteiger partial charge in [-0.2, -0.15) is 0 Å². The smallest absolute Gasteiger partial charge is 0.277 e. The van der Waals surface area contributed by atoms with Crippen LogP contribution in [0.25, 0.3) is 0 Å². The first-order valence-corrected chi connectivity index (χ1v) is 11.8. The van der Waals surface area contributed by atoms with Crippen molar-refractivity contribution in [2.45, 2.75) is 68.3 Å². The van der Waals surface area contributed by atoms with Crippen molar-refractivity contribution < 1.29 is 13.9 Å². The second-order valence-electron chi connectivity index (χ2n) is 9.52. The van der Waals surface area contributed by atoms with Gasteiger partial charge in [0.15, 0.2) is 0 Å². The summed E-state index contributed by atoms with van der Waals surface area (Å²) in [6.07, 6.45) is 7.72. The van der Waals surface area contributed by atoms with Crippen LogP contribution >= 0.6 is 11.8 Å². The second kappa shape index (κ2) is 7.59. The van der Waals surface area contributed by atoms with Crippen molar-refractivity contribution in [2.75, 3.05) is 12.4 Å². The number of methoxy groups -OCH3 is 1. The number of carbonyl (C=O) groups excluding carboxylic acids is 1. The number of aryl methyl sites for hydroxylation is 1. The molecule has 0 saturated heterocycles. The van der Waals surface area contributed by atoms with E-state index in [-0.39, 0.29) is 16.6 Å². The molecule has 1 N–H and O–H groups in total. The van der Waals surface area contributed by atoms with E-state index < -0.39 is 0 Å². The van der Waals surface area contributed by atoms with Gasteiger partial charge in [-0.15, -0.1) is 10.2 Å². The summed E-state index contributed by atoms with van der Waals surface area (Å²) in [4.78, 5) is 12.7. The van der Waals surface area contributed by atoms with Crippen LogP contribution in [0.4, 0.5) is 5.69 Å². The first kappa shape index (κ1) is 19.9. The number of rotatable bonds is 6. The number of ether oxygens (including phenoxy) is 1. The van der Waals surface area contributed by atoms with Gasteiger partial charge in [0.05, 0.1) is 18.0 Å². The zero-order valence-electron chi connectivity index (χ0n) is 17.8. The first-order valence-electron chi connectivity index (χ1n) is 10.9. The predicted molar refractivity (Wildman–Crippen MR) is 116 cm³/mol. The third-order valence-electron chi connectivity index (χ3n) is 7.16. The number of hydrogen-bond donors (Lipinski definition) is 1. The molecule has 30 heavy (non-hydrogen) atoms. The van der Waals surface area contributed by atoms with E-state index in [4.69, 9.17) is 9.15 Å². The summed E-state index contributed by atoms with van der Waals surface area (Å²) in [5.41, 5.74) is 1.82. The molecule has 4 fully saturated rings. The average molecular weight is 428 g/mol. The molecule has 4 bridgehead atoms. The Morgan fingerprint density at radius 1 is 1.20 bits per heavy atom. The van der Waals surface area contributed by atoms with Gasteiger partial charge >= 0.3 is 0 Å². The predicted octanol–water partition coefficient (Wildman–Crippen LogP) is 4.97. The van der Waals surface area contributed by atoms with Crippen LogP contribution in [0.1, 0.15) is 56.9 Å². The maximum Gasteiger partial charge on any atom is 0.277 e. The van der Waals surface area contributed by atoms with Crippen molar-refractivity contribution in [3.8, 4) is 5.75 Å². The molecular weight excluding hydrogens is 398 g/mol. The Kier molecular flexibility index (Phi) is 5.04. The van der Waals surface area contributed by atoms with Crippen molar-refractivity contribution in [1.82, 2.24) is 10.2 Å². The number of nitrogens with one attached hydrogen (secondary N) is 1. The number of carbonyl (C=O) groups is 1. The molecule has 1 heterocycles. The van der Waals surface area contributed by atoms with E-state index in [1.54, 1.807) is 7.11 Å². The van der Waals surface area contributed by atoms with Crippen LogP contribution in [0.2, 0.25) is 0 Å². The summed E-state index contributed by atoms with van der Waals surface area (Å²) in [7, 11) is 1.60. The van der Waals surface area contributed by atoms with Crippen LogP contribution in [-0.4, -0.2) is 28.5 Å². The zero-order chi connectivity index (χ0) is 20.9. The molecule has 2 aromatic rings. The number of benzene rings is 1. The normalized spacial score (nSPS) is 30.3. The molecule has 1 aromatic heterocycles. The fourth-order valence-corrected chi connectivity index (χ4v) is 6.89. The number of amides is 1. The van der Waals surface area contributed by atoms with Crippen LogP contribution in [0.3, 0.4) is 0 Å². The lowest BCUT2D eigenvalue weighted by Crippen LogP contribution is -2.48. The van der Waals surface area contributed by atoms with Gasteiger partial charge in [0, 0.05) is 5.41 Å². The molecule has 4 aliphatic carbocycles. The highest BCUT2D eigenvalue weighted by molar-refractivity contribution is 8.00. The molecule has 1 amide bonds. The van der Waals surface area contributed by atoms with Crippen LogP contribution in [-0.2, 0) is 10.2 Å². The molecule has 7 heteroatoms. The zero-order valence-corrected chi connectivity index (χ0v) is 18.6. The van der Waals surface area contributed by atoms with Crippen molar-refractivity contribution in [3.63, 3.8) is 0 Å². The van der Waals surface area contributed by atoms with Gasteiger partial charge in [-0.05, 0) is 87.8 Å². The number of aromatic nitrogens is 2. The number of anilines is 1. The van der Waals surface area contributed by atoms with Crippen molar-refractivity contribution >= 4 is 23.4 Å². The van der Waals surface area contributed by atoms with Gasteiger partial charge in [-0.1, -0.05) is 17.8 Å². The molecule has 4 saturated carbocycles. The van der Waals surface area contributed by atoms with Gasteiger partial charge in [-0.25, -0.2) is 0 Å². The van der Waals surface area contributed by atoms with E-state index >= 15 is 0 Å². The molecule has 0 unspecified atom stereocenters. The minimum absolute atomic E-state index is 0.0843. The SMILES string of the molecule is COc1ccc(C)cc1NC(=O)[C@H](C)Sc1nnc(C23CC4CC(CC(C4)C2)C3)o1. The summed E-state index contributed by atoms with van der Waals surface area (Å²) in [5, 5.41) is 11.8. The Labute approximate surface area is 181 Å². The molecule has 0 aliphatic heterocycles. The molecule has 1 aromatic carbocycles. The highest BCUT2D eigenvalue weighted by Gasteiger charge is 2.54. The molecule has 0 spiro atoms. The molecule has 6 nitrogen and oxygen atoms in total. The third-order valence-corrected chi connectivity index (χ3v) is 8.09. The fourth-order valence-electron chi connectivity index (χ4n) is 6.20. The maximum atomic E-state index is 12.7. The lowest BCUT2D eigenvalue weighted by molar-refractivity contribution is -0.115. The Balaban J connectivity index is 1.26. The Morgan fingerprint density at radius 3 is 2.50 bits per heavy atom. The van der Waals surface area contributed by atoms with Crippen LogP contribution < -0.4 is 10.1 Å². The molecule has 4 aliphatic rings. The second-order valence-corrected chi connectivity index (χ2v) is 10.8. The fraction of sp³-hybridized carbons (Fsp3) is 0.609. The summed E-state index contributed by atoms with van der Waals surface area (Å²) < 4.78 is 11.5. The number of hydrogen-bond acceptors (Lipinski definition) is 6. The van der Waals surface area contributed by atoms with Crippen molar-refractivity contribution in [1.29, 1.82) is 0 Å². The van der Waals surface area contributed by atoms with Gasteiger partial charge < -0.3 is 14.5 Å². The van der Waals surface area contributed by atoms with Crippen LogP contribution in [0.5, 0.6) is 5.75 Å². The first-order chi connectivity index (χ1) is 14.4. The lowest BCUT2D eigenvalue weighted by Gasteiger charge is -2.55. The van der Waals surface area contributed by atoms with Gasteiger partial charge in [0.2, 0.25) is 11.8 Å². The van der Waals surface area contributed by atoms with Gasteiger partial charge in [0.1, 0.15) is 5.75 Å². The van der Waals surface area contributed by atoms with Gasteiger partial charge in [0.25, 0.3) is 5.22 Å². The Bertz CT molecular complexity index is 922. The molecule has 1 atom stereocenters. The highest BCUT2D eigenvalue weighted by atomic mass is 32.2. The Hall–Kier alpha value is -2.02. The van der Waals surface area contributed by atoms with Crippen LogP contribution in [0.15, 0.2) is 27.8 Å². The van der Waals surface area contributed by atoms with E-state index in [1.807, 2.05) is 32.0 Å². The minimum Gasteiger partial charge on any atom is -0.495 e. The van der Waals surface area contributed by atoms with E-state index in [1.165, 1.54) is 50.3 Å². The van der Waals surface area contributed by atoms with E-state index in [0.29, 0.717) is 16.7 Å². The Morgan fingerprint density at radius 2 is 1.87 bits per heavy atom. The monoisotopic (exact) mass is 427 g/mol. The summed E-state index contributed by atoms with van der Waals surface area (Å²) >= 11 is 1.32. The third kappa shape index (κ3) is 3.61. The topological polar surface area (TPSA) is 77.2 Å². The van der Waals surface area contributed by atoms with Crippen LogP contribution in [0, 0.1) is 24.7 Å². The molecule has 160 valence electrons. The molecule has 0 radical (unpaired) electrons. The van der Waals surface area contributed by atoms with Crippen molar-refractivity contribution in [3.05, 3.63) is 29.7 Å². The standard InChI is InChI=1S/C23H29N3O3S/c1-13-4-5-19(28-3)18(6-13)24-20(27)14(2)30-22-26-25-21(29-22)23-10-15-7-16(11-23)9-17(8-15)12-23/h4-6,14-17H,7-12H2,1-3H3,(H,24,27)/t14-,15?,16?,17?,23?/m0/s1. The minimum atomic E-state index is -0.361. The largest absolute Gasteiger partial charge is 0.495 e. The van der Waals surface area contributed by atoms with Gasteiger partial charge in [-0.3, -0.25) is 4.79 Å². The van der Waals surface area contributed by atoms with E-state index in [2.05, 4.69) is 15.5 Å². The number of thioether (sulfide) groups is 1. The number of nitrogens with zero attached hydrogens (tertiary/aromatic N) is 2. The van der Waals surface area contributed by atoms with E-state index in [0.717, 1.165) is 29.2 Å². The van der Waals surface area contributed by atoms with Crippen molar-refractivity contribution in [2.24, 2.45) is 17.8 Å². The summed E-state index contributed by atoms with van der Waals surface area (Å²) in [5.74, 6) is 3.82. The molecule has 6 rings (SSSR count). The quantitative estimate of drug-likeness (QED) is 0.656.